The van der Waals surface area contributed by atoms with E-state index >= 15 is 0 Å². The van der Waals surface area contributed by atoms with Crippen LogP contribution in [0, 0.1) is 6.58 Å². The smallest absolute Gasteiger partial charge is 0.416 e. The van der Waals surface area contributed by atoms with Crippen LogP contribution in [0.2, 0.25) is 0 Å². The van der Waals surface area contributed by atoms with Gasteiger partial charge in [-0.05, 0) is 0 Å². The van der Waals surface area contributed by atoms with Gasteiger partial charge in [-0.1, -0.05) is 42.5 Å². The third kappa shape index (κ3) is 7.29. The molecule has 0 N–H and O–H groups in total. The van der Waals surface area contributed by atoms with Gasteiger partial charge >= 0.3 is 12.1 Å². The van der Waals surface area contributed by atoms with Crippen molar-refractivity contribution in [3.05, 3.63) is 77.9 Å². The van der Waals surface area contributed by atoms with E-state index in [1.807, 2.05) is 0 Å². The van der Waals surface area contributed by atoms with Crippen LogP contribution in [-0.4, -0.2) is 13.1 Å². The van der Waals surface area contributed by atoms with Gasteiger partial charge < -0.3 is 4.74 Å². The van der Waals surface area contributed by atoms with Gasteiger partial charge in [-0.3, -0.25) is 6.58 Å². The summed E-state index contributed by atoms with van der Waals surface area (Å²) in [6.07, 6.45) is -2.73. The van der Waals surface area contributed by atoms with Crippen LogP contribution < -0.4 is 0 Å². The van der Waals surface area contributed by atoms with Crippen molar-refractivity contribution in [3.63, 3.8) is 0 Å². The quantitative estimate of drug-likeness (QED) is 0.453. The van der Waals surface area contributed by atoms with Gasteiger partial charge in [0, 0.05) is 21.1 Å². The van der Waals surface area contributed by atoms with Gasteiger partial charge in [0.05, 0.1) is 18.2 Å². The molecule has 2 aromatic rings. The molecule has 0 aliphatic carbocycles. The van der Waals surface area contributed by atoms with Crippen LogP contribution in [0.4, 0.5) is 13.2 Å². The zero-order chi connectivity index (χ0) is 16.6. The molecular weight excluding hydrogens is 477 g/mol. The molecule has 0 aliphatic heterocycles. The Bertz CT molecular complexity index is 608. The van der Waals surface area contributed by atoms with Gasteiger partial charge in [-0.2, -0.15) is 18.7 Å². The maximum atomic E-state index is 11.8. The fourth-order valence-corrected chi connectivity index (χ4v) is 1.48. The molecule has 23 heavy (non-hydrogen) atoms. The van der Waals surface area contributed by atoms with Crippen LogP contribution in [0.15, 0.2) is 54.6 Å². The summed E-state index contributed by atoms with van der Waals surface area (Å²) >= 11 is 0. The average Bonchev–Trinajstić information content (AvgIpc) is 2.55. The van der Waals surface area contributed by atoms with Crippen molar-refractivity contribution in [2.24, 2.45) is 0 Å². The number of esters is 1. The topological polar surface area (TPSA) is 26.3 Å². The van der Waals surface area contributed by atoms with E-state index in [2.05, 4.69) is 4.74 Å². The first-order valence-corrected chi connectivity index (χ1v) is 6.24. The van der Waals surface area contributed by atoms with Crippen LogP contribution in [0.5, 0.6) is 0 Å². The standard InChI is InChI=1S/C10H9O2.C7H5F3.W/c1-3-8-4-6-9(7-5-8)10(11)12-2;8-7(9,10)6-4-2-1-3-5-6;/h1,3-7H,2H3;1-5H;/q-1;;. The molecular formula is C17H14F3O2W-. The maximum absolute atomic E-state index is 11.8. The van der Waals surface area contributed by atoms with Gasteiger partial charge in [0.1, 0.15) is 0 Å². The van der Waals surface area contributed by atoms with Crippen molar-refractivity contribution >= 4 is 12.0 Å². The molecule has 2 nitrogen and oxygen atoms in total. The maximum Gasteiger partial charge on any atom is 0.416 e. The van der Waals surface area contributed by atoms with E-state index < -0.39 is 11.7 Å². The summed E-state index contributed by atoms with van der Waals surface area (Å²) in [5.41, 5.74) is 0.806. The molecule has 2 aromatic carbocycles. The summed E-state index contributed by atoms with van der Waals surface area (Å²) in [6, 6.07) is 13.2. The molecule has 0 bridgehead atoms. The number of hydrogen-bond donors (Lipinski definition) is 0. The molecule has 0 unspecified atom stereocenters. The Morgan fingerprint density at radius 2 is 1.57 bits per heavy atom. The number of benzene rings is 2. The zero-order valence-electron chi connectivity index (χ0n) is 12.2. The van der Waals surface area contributed by atoms with Crippen molar-refractivity contribution in [2.45, 2.75) is 6.18 Å². The average molecular weight is 491 g/mol. The first-order valence-electron chi connectivity index (χ1n) is 6.24. The van der Waals surface area contributed by atoms with Gasteiger partial charge in [-0.15, -0.1) is 12.1 Å². The van der Waals surface area contributed by atoms with E-state index in [9.17, 15) is 18.0 Å². The number of alkyl halides is 3. The molecule has 0 amide bonds. The monoisotopic (exact) mass is 491 g/mol. The van der Waals surface area contributed by atoms with Gasteiger partial charge in [0.2, 0.25) is 0 Å². The van der Waals surface area contributed by atoms with Crippen molar-refractivity contribution in [1.82, 2.24) is 0 Å². The summed E-state index contributed by atoms with van der Waals surface area (Å²) in [7, 11) is 1.35. The fourth-order valence-electron chi connectivity index (χ4n) is 1.48. The molecule has 0 saturated carbocycles. The minimum Gasteiger partial charge on any atom is -0.465 e. The normalized spacial score (nSPS) is 9.74. The zero-order valence-corrected chi connectivity index (χ0v) is 15.1. The Labute approximate surface area is 147 Å². The minimum atomic E-state index is -4.21. The number of carbonyl (C=O) groups is 1. The Morgan fingerprint density at radius 1 is 1.04 bits per heavy atom. The number of hydrogen-bond acceptors (Lipinski definition) is 2. The molecule has 0 aromatic heterocycles. The second-order valence-electron chi connectivity index (χ2n) is 4.14. The molecule has 2 rings (SSSR count). The Morgan fingerprint density at radius 3 is 1.91 bits per heavy atom. The van der Waals surface area contributed by atoms with Crippen LogP contribution in [0.1, 0.15) is 21.5 Å². The number of carbonyl (C=O) groups excluding carboxylic acids is 1. The van der Waals surface area contributed by atoms with Crippen molar-refractivity contribution in [2.75, 3.05) is 7.11 Å². The largest absolute Gasteiger partial charge is 0.465 e. The molecule has 0 aliphatic rings. The van der Waals surface area contributed by atoms with Crippen LogP contribution in [0.3, 0.4) is 0 Å². The van der Waals surface area contributed by atoms with Gasteiger partial charge in [0.15, 0.2) is 0 Å². The third-order valence-corrected chi connectivity index (χ3v) is 2.63. The first kappa shape index (κ1) is 21.1. The SMILES string of the molecule is FC(F)(F)c1ccccc1.[CH-]=Cc1ccc(C(=O)OC)cc1.[W]. The van der Waals surface area contributed by atoms with Crippen LogP contribution in [0.25, 0.3) is 6.08 Å². The van der Waals surface area contributed by atoms with Crippen molar-refractivity contribution in [3.8, 4) is 0 Å². The Balaban J connectivity index is 0.000000409. The number of ether oxygens (including phenoxy) is 1. The van der Waals surface area contributed by atoms with Crippen LogP contribution >= 0.6 is 0 Å². The number of rotatable bonds is 2. The number of methoxy groups -OCH3 is 1. The van der Waals surface area contributed by atoms with E-state index in [0.717, 1.165) is 17.7 Å². The predicted octanol–water partition coefficient (Wildman–Crippen LogP) is 4.62. The molecule has 0 fully saturated rings. The summed E-state index contributed by atoms with van der Waals surface area (Å²) < 4.78 is 39.9. The van der Waals surface area contributed by atoms with Crippen LogP contribution in [-0.2, 0) is 32.0 Å². The Kier molecular flexibility index (Phi) is 9.19. The van der Waals surface area contributed by atoms with Gasteiger partial charge in [0.25, 0.3) is 0 Å². The molecule has 122 valence electrons. The summed E-state index contributed by atoms with van der Waals surface area (Å²) in [5, 5.41) is 0. The molecule has 0 radical (unpaired) electrons. The third-order valence-electron chi connectivity index (χ3n) is 2.63. The molecule has 0 atom stereocenters. The molecule has 0 saturated heterocycles. The predicted molar refractivity (Wildman–Crippen MR) is 78.0 cm³/mol. The molecule has 0 heterocycles. The molecule has 0 spiro atoms. The molecule has 6 heteroatoms. The number of halogens is 3. The summed E-state index contributed by atoms with van der Waals surface area (Å²) in [6.45, 7) is 5.27. The minimum absolute atomic E-state index is 0. The van der Waals surface area contributed by atoms with E-state index in [1.165, 1.54) is 25.3 Å². The second kappa shape index (κ2) is 10.0. The van der Waals surface area contributed by atoms with Gasteiger partial charge in [-0.25, -0.2) is 10.9 Å². The van der Waals surface area contributed by atoms with Crippen molar-refractivity contribution in [1.29, 1.82) is 0 Å². The van der Waals surface area contributed by atoms with E-state index in [1.54, 1.807) is 30.3 Å². The Hall–Kier alpha value is -1.87. The van der Waals surface area contributed by atoms with E-state index in [-0.39, 0.29) is 27.0 Å². The van der Waals surface area contributed by atoms with E-state index in [4.69, 9.17) is 6.58 Å². The van der Waals surface area contributed by atoms with E-state index in [0.29, 0.717) is 5.56 Å². The van der Waals surface area contributed by atoms with Crippen molar-refractivity contribution < 1.29 is 43.8 Å². The summed E-state index contributed by atoms with van der Waals surface area (Å²) in [5.74, 6) is -0.335. The summed E-state index contributed by atoms with van der Waals surface area (Å²) in [4.78, 5) is 10.9. The first-order chi connectivity index (χ1) is 10.4. The fraction of sp³-hybridized carbons (Fsp3) is 0.118. The second-order valence-corrected chi connectivity index (χ2v) is 4.14.